The highest BCUT2D eigenvalue weighted by Gasteiger charge is 2.12. The lowest BCUT2D eigenvalue weighted by molar-refractivity contribution is 0.0950. The van der Waals surface area contributed by atoms with E-state index in [0.717, 1.165) is 5.56 Å². The van der Waals surface area contributed by atoms with Gasteiger partial charge in [0.1, 0.15) is 16.7 Å². The molecular formula is C15H15ClN2O3. The van der Waals surface area contributed by atoms with Gasteiger partial charge in [-0.2, -0.15) is 0 Å². The average molecular weight is 307 g/mol. The molecule has 0 aliphatic rings. The molecule has 0 fully saturated rings. The molecule has 1 heterocycles. The summed E-state index contributed by atoms with van der Waals surface area (Å²) in [6.45, 7) is 0.296. The van der Waals surface area contributed by atoms with E-state index in [0.29, 0.717) is 23.6 Å². The number of rotatable bonds is 5. The predicted molar refractivity (Wildman–Crippen MR) is 80.0 cm³/mol. The Bertz CT molecular complexity index is 647. The van der Waals surface area contributed by atoms with Crippen molar-refractivity contribution in [2.45, 2.75) is 6.54 Å². The van der Waals surface area contributed by atoms with Gasteiger partial charge in [0.15, 0.2) is 0 Å². The molecule has 0 atom stereocenters. The monoisotopic (exact) mass is 306 g/mol. The van der Waals surface area contributed by atoms with E-state index in [4.69, 9.17) is 21.1 Å². The first-order chi connectivity index (χ1) is 10.2. The third-order valence-electron chi connectivity index (χ3n) is 2.93. The summed E-state index contributed by atoms with van der Waals surface area (Å²) in [5.74, 6) is 1.07. The Balaban J connectivity index is 2.12. The zero-order chi connectivity index (χ0) is 15.2. The van der Waals surface area contributed by atoms with Crippen LogP contribution in [0.3, 0.4) is 0 Å². The lowest BCUT2D eigenvalue weighted by Gasteiger charge is -2.11. The van der Waals surface area contributed by atoms with Gasteiger partial charge in [0.2, 0.25) is 0 Å². The summed E-state index contributed by atoms with van der Waals surface area (Å²) in [7, 11) is 3.16. The molecular weight excluding hydrogens is 292 g/mol. The molecule has 0 unspecified atom stereocenters. The van der Waals surface area contributed by atoms with Crippen molar-refractivity contribution < 1.29 is 14.3 Å². The van der Waals surface area contributed by atoms with Gasteiger partial charge in [-0.25, -0.2) is 4.98 Å². The quantitative estimate of drug-likeness (QED) is 0.863. The van der Waals surface area contributed by atoms with Crippen LogP contribution in [0.4, 0.5) is 0 Å². The van der Waals surface area contributed by atoms with Crippen LogP contribution in [0.1, 0.15) is 15.9 Å². The van der Waals surface area contributed by atoms with Crippen molar-refractivity contribution in [2.24, 2.45) is 0 Å². The van der Waals surface area contributed by atoms with Crippen molar-refractivity contribution in [2.75, 3.05) is 14.2 Å². The first-order valence-corrected chi connectivity index (χ1v) is 6.63. The van der Waals surface area contributed by atoms with Crippen LogP contribution in [0.5, 0.6) is 11.5 Å². The topological polar surface area (TPSA) is 60.5 Å². The number of hydrogen-bond donors (Lipinski definition) is 1. The summed E-state index contributed by atoms with van der Waals surface area (Å²) < 4.78 is 10.4. The molecule has 2 rings (SSSR count). The highest BCUT2D eigenvalue weighted by molar-refractivity contribution is 6.32. The number of nitrogens with zero attached hydrogens (tertiary/aromatic N) is 1. The largest absolute Gasteiger partial charge is 0.497 e. The summed E-state index contributed by atoms with van der Waals surface area (Å²) in [5.41, 5.74) is 1.14. The Morgan fingerprint density at radius 2 is 2.10 bits per heavy atom. The van der Waals surface area contributed by atoms with Crippen molar-refractivity contribution in [3.05, 3.63) is 52.8 Å². The van der Waals surface area contributed by atoms with Crippen LogP contribution in [-0.4, -0.2) is 25.1 Å². The standard InChI is InChI=1S/C15H15ClN2O3/c1-20-11-5-6-13(21-2)10(8-11)9-18-15(19)12-4-3-7-17-14(12)16/h3-8H,9H2,1-2H3,(H,18,19). The van der Waals surface area contributed by atoms with Gasteiger partial charge in [-0.15, -0.1) is 0 Å². The van der Waals surface area contributed by atoms with Gasteiger partial charge in [-0.3, -0.25) is 4.79 Å². The first-order valence-electron chi connectivity index (χ1n) is 6.25. The molecule has 0 saturated carbocycles. The molecule has 1 aromatic heterocycles. The summed E-state index contributed by atoms with van der Waals surface area (Å²) in [6, 6.07) is 8.67. The zero-order valence-electron chi connectivity index (χ0n) is 11.7. The maximum absolute atomic E-state index is 12.1. The molecule has 0 bridgehead atoms. The van der Waals surface area contributed by atoms with Crippen LogP contribution in [0, 0.1) is 0 Å². The van der Waals surface area contributed by atoms with E-state index in [1.165, 1.54) is 6.20 Å². The molecule has 1 N–H and O–H groups in total. The maximum atomic E-state index is 12.1. The van der Waals surface area contributed by atoms with E-state index >= 15 is 0 Å². The van der Waals surface area contributed by atoms with Crippen LogP contribution >= 0.6 is 11.6 Å². The van der Waals surface area contributed by atoms with Crippen LogP contribution in [0.25, 0.3) is 0 Å². The predicted octanol–water partition coefficient (Wildman–Crippen LogP) is 2.68. The molecule has 1 aromatic carbocycles. The van der Waals surface area contributed by atoms with Crippen molar-refractivity contribution in [3.8, 4) is 11.5 Å². The minimum Gasteiger partial charge on any atom is -0.497 e. The normalized spacial score (nSPS) is 10.0. The highest BCUT2D eigenvalue weighted by atomic mass is 35.5. The third-order valence-corrected chi connectivity index (χ3v) is 3.23. The smallest absolute Gasteiger partial charge is 0.254 e. The minimum atomic E-state index is -0.294. The van der Waals surface area contributed by atoms with Gasteiger partial charge in [0, 0.05) is 18.3 Å². The second-order valence-electron chi connectivity index (χ2n) is 4.20. The third kappa shape index (κ3) is 3.64. The second-order valence-corrected chi connectivity index (χ2v) is 4.56. The fraction of sp³-hybridized carbons (Fsp3) is 0.200. The molecule has 0 saturated heterocycles. The molecule has 2 aromatic rings. The number of aromatic nitrogens is 1. The maximum Gasteiger partial charge on any atom is 0.254 e. The van der Waals surface area contributed by atoms with E-state index in [9.17, 15) is 4.79 Å². The van der Waals surface area contributed by atoms with Crippen LogP contribution in [0.2, 0.25) is 5.15 Å². The molecule has 110 valence electrons. The summed E-state index contributed by atoms with van der Waals surface area (Å²) in [5, 5.41) is 2.96. The lowest BCUT2D eigenvalue weighted by Crippen LogP contribution is -2.23. The van der Waals surface area contributed by atoms with Crippen LogP contribution in [0.15, 0.2) is 36.5 Å². The summed E-state index contributed by atoms with van der Waals surface area (Å²) in [6.07, 6.45) is 1.53. The molecule has 6 heteroatoms. The number of pyridine rings is 1. The molecule has 5 nitrogen and oxygen atoms in total. The molecule has 0 radical (unpaired) electrons. The van der Waals surface area contributed by atoms with Crippen LogP contribution in [-0.2, 0) is 6.54 Å². The Labute approximate surface area is 127 Å². The van der Waals surface area contributed by atoms with E-state index in [2.05, 4.69) is 10.3 Å². The molecule has 1 amide bonds. The molecule has 0 spiro atoms. The first kappa shape index (κ1) is 15.1. The lowest BCUT2D eigenvalue weighted by atomic mass is 10.1. The number of nitrogens with one attached hydrogen (secondary N) is 1. The Hall–Kier alpha value is -2.27. The molecule has 0 aliphatic carbocycles. The zero-order valence-corrected chi connectivity index (χ0v) is 12.5. The number of methoxy groups -OCH3 is 2. The van der Waals surface area contributed by atoms with Crippen molar-refractivity contribution in [3.63, 3.8) is 0 Å². The Morgan fingerprint density at radius 3 is 2.76 bits per heavy atom. The minimum absolute atomic E-state index is 0.174. The van der Waals surface area contributed by atoms with Crippen molar-refractivity contribution in [1.29, 1.82) is 0 Å². The Morgan fingerprint density at radius 1 is 1.29 bits per heavy atom. The molecule has 21 heavy (non-hydrogen) atoms. The number of amides is 1. The highest BCUT2D eigenvalue weighted by Crippen LogP contribution is 2.24. The number of halogens is 1. The SMILES string of the molecule is COc1ccc(OC)c(CNC(=O)c2cccnc2Cl)c1. The van der Waals surface area contributed by atoms with E-state index in [-0.39, 0.29) is 11.1 Å². The number of ether oxygens (including phenoxy) is 2. The second kappa shape index (κ2) is 6.95. The number of benzene rings is 1. The van der Waals surface area contributed by atoms with Crippen LogP contribution < -0.4 is 14.8 Å². The number of hydrogen-bond acceptors (Lipinski definition) is 4. The van der Waals surface area contributed by atoms with Gasteiger partial charge in [-0.1, -0.05) is 11.6 Å². The van der Waals surface area contributed by atoms with Gasteiger partial charge < -0.3 is 14.8 Å². The van der Waals surface area contributed by atoms with E-state index < -0.39 is 0 Å². The number of carbonyl (C=O) groups excluding carboxylic acids is 1. The average Bonchev–Trinajstić information content (AvgIpc) is 2.52. The van der Waals surface area contributed by atoms with Gasteiger partial charge >= 0.3 is 0 Å². The summed E-state index contributed by atoms with van der Waals surface area (Å²) >= 11 is 5.89. The van der Waals surface area contributed by atoms with E-state index in [1.54, 1.807) is 38.5 Å². The Kier molecular flexibility index (Phi) is 5.00. The van der Waals surface area contributed by atoms with Gasteiger partial charge in [0.25, 0.3) is 5.91 Å². The van der Waals surface area contributed by atoms with Gasteiger partial charge in [0.05, 0.1) is 19.8 Å². The fourth-order valence-corrected chi connectivity index (χ4v) is 2.05. The van der Waals surface area contributed by atoms with Crippen molar-refractivity contribution in [1.82, 2.24) is 10.3 Å². The summed E-state index contributed by atoms with van der Waals surface area (Å²) in [4.78, 5) is 16.0. The molecule has 0 aliphatic heterocycles. The van der Waals surface area contributed by atoms with Gasteiger partial charge in [-0.05, 0) is 30.3 Å². The number of carbonyl (C=O) groups is 1. The van der Waals surface area contributed by atoms with Crippen molar-refractivity contribution >= 4 is 17.5 Å². The van der Waals surface area contributed by atoms with E-state index in [1.807, 2.05) is 6.07 Å². The fourth-order valence-electron chi connectivity index (χ4n) is 1.85.